The van der Waals surface area contributed by atoms with E-state index in [-0.39, 0.29) is 29.2 Å². The molecule has 2 aliphatic rings. The highest BCUT2D eigenvalue weighted by molar-refractivity contribution is 5.96. The summed E-state index contributed by atoms with van der Waals surface area (Å²) in [4.78, 5) is 71.1. The number of hydrogen-bond acceptors (Lipinski definition) is 19. The van der Waals surface area contributed by atoms with E-state index in [4.69, 9.17) is 33.9 Å². The molecule has 0 spiro atoms. The number of carboxylic acids is 1. The van der Waals surface area contributed by atoms with E-state index in [1.165, 1.54) is 26.4 Å². The molecular formula is C54H58N14O10. The van der Waals surface area contributed by atoms with Gasteiger partial charge in [-0.2, -0.15) is 9.97 Å². The van der Waals surface area contributed by atoms with Gasteiger partial charge in [0, 0.05) is 74.5 Å². The van der Waals surface area contributed by atoms with Gasteiger partial charge >= 0.3 is 11.9 Å². The van der Waals surface area contributed by atoms with Gasteiger partial charge in [0.2, 0.25) is 11.8 Å². The lowest BCUT2D eigenvalue weighted by Gasteiger charge is -2.20. The number of carbonyl (C=O) groups excluding carboxylic acids is 3. The summed E-state index contributed by atoms with van der Waals surface area (Å²) in [5.41, 5.74) is 3.85. The molecule has 2 saturated heterocycles. The fraction of sp³-hybridized carbons (Fsp3) is 0.296. The van der Waals surface area contributed by atoms with Crippen LogP contribution in [-0.4, -0.2) is 128 Å². The molecule has 24 heteroatoms. The van der Waals surface area contributed by atoms with Gasteiger partial charge in [-0.3, -0.25) is 9.59 Å². The van der Waals surface area contributed by atoms with Gasteiger partial charge in [-0.25, -0.2) is 28.6 Å². The number of carboxylic acid groups (broad SMARTS) is 1. The van der Waals surface area contributed by atoms with E-state index in [2.05, 4.69) is 51.2 Å². The molecular weight excluding hydrogens is 1000 g/mol. The second-order valence-electron chi connectivity index (χ2n) is 19.1. The summed E-state index contributed by atoms with van der Waals surface area (Å²) < 4.78 is 29.9. The zero-order valence-electron chi connectivity index (χ0n) is 43.9. The maximum atomic E-state index is 13.1. The minimum Gasteiger partial charge on any atom is -0.491 e. The van der Waals surface area contributed by atoms with Crippen molar-refractivity contribution in [1.82, 2.24) is 39.2 Å². The average Bonchev–Trinajstić information content (AvgIpc) is 4.33. The van der Waals surface area contributed by atoms with E-state index >= 15 is 0 Å². The SMILES string of the molecule is COc1ccc(Nc2cc(N3CCC(C(=O)Nc4ccc(C(=O)O)cc4)C3)nn3ccnc23)nc1OC.COc1ccc(Nc2cc(N3CCC(C(=O)Nc4ccc(C(=O)OC(C)(C)C)cc4)C3)nn3ccnc23)nc1OC. The molecule has 0 saturated carbocycles. The Morgan fingerprint density at radius 2 is 1.03 bits per heavy atom. The number of aromatic nitrogens is 8. The van der Waals surface area contributed by atoms with Crippen LogP contribution in [-0.2, 0) is 14.3 Å². The number of imidazole rings is 2. The fourth-order valence-corrected chi connectivity index (χ4v) is 8.75. The van der Waals surface area contributed by atoms with Crippen molar-refractivity contribution in [3.8, 4) is 23.3 Å². The van der Waals surface area contributed by atoms with Crippen molar-refractivity contribution < 1.29 is 48.0 Å². The molecule has 2 unspecified atom stereocenters. The number of methoxy groups -OCH3 is 4. The van der Waals surface area contributed by atoms with Gasteiger partial charge in [-0.05, 0) is 106 Å². The van der Waals surface area contributed by atoms with Gasteiger partial charge in [-0.15, -0.1) is 10.2 Å². The van der Waals surface area contributed by atoms with Crippen LogP contribution in [0.1, 0.15) is 54.3 Å². The highest BCUT2D eigenvalue weighted by Crippen LogP contribution is 2.34. The molecule has 5 N–H and O–H groups in total. The summed E-state index contributed by atoms with van der Waals surface area (Å²) in [6.45, 7) is 7.76. The molecule has 2 amide bonds. The zero-order chi connectivity index (χ0) is 55.1. The smallest absolute Gasteiger partial charge is 0.338 e. The summed E-state index contributed by atoms with van der Waals surface area (Å²) in [6, 6.07) is 23.7. The molecule has 2 fully saturated rings. The Labute approximate surface area is 447 Å². The first kappa shape index (κ1) is 53.1. The zero-order valence-corrected chi connectivity index (χ0v) is 43.9. The number of aromatic carboxylic acids is 1. The predicted octanol–water partition coefficient (Wildman–Crippen LogP) is 7.35. The summed E-state index contributed by atoms with van der Waals surface area (Å²) in [6.07, 6.45) is 8.19. The van der Waals surface area contributed by atoms with Gasteiger partial charge in [0.15, 0.2) is 34.4 Å². The van der Waals surface area contributed by atoms with E-state index in [1.54, 1.807) is 109 Å². The minimum absolute atomic E-state index is 0.0888. The minimum atomic E-state index is -1.01. The number of esters is 1. The van der Waals surface area contributed by atoms with E-state index in [0.29, 0.717) is 125 Å². The topological polar surface area (TPSA) is 275 Å². The van der Waals surface area contributed by atoms with Crippen molar-refractivity contribution in [3.63, 3.8) is 0 Å². The first-order chi connectivity index (χ1) is 37.6. The van der Waals surface area contributed by atoms with E-state index in [0.717, 1.165) is 0 Å². The van der Waals surface area contributed by atoms with Crippen LogP contribution in [0.25, 0.3) is 11.3 Å². The largest absolute Gasteiger partial charge is 0.491 e. The van der Waals surface area contributed by atoms with Crippen LogP contribution in [0.2, 0.25) is 0 Å². The lowest BCUT2D eigenvalue weighted by molar-refractivity contribution is -0.120. The molecule has 8 aromatic rings. The normalized spacial score (nSPS) is 15.0. The molecule has 0 aliphatic carbocycles. The molecule has 78 heavy (non-hydrogen) atoms. The van der Waals surface area contributed by atoms with Crippen LogP contribution in [0.5, 0.6) is 23.3 Å². The summed E-state index contributed by atoms with van der Waals surface area (Å²) in [7, 11) is 6.16. The maximum Gasteiger partial charge on any atom is 0.338 e. The van der Waals surface area contributed by atoms with Crippen molar-refractivity contribution in [2.24, 2.45) is 11.8 Å². The molecule has 10 rings (SSSR count). The van der Waals surface area contributed by atoms with Crippen LogP contribution in [0.4, 0.5) is 46.0 Å². The molecule has 24 nitrogen and oxygen atoms in total. The quantitative estimate of drug-likeness (QED) is 0.0591. The number of amides is 2. The third-order valence-corrected chi connectivity index (χ3v) is 12.6. The number of rotatable bonds is 16. The standard InChI is InChI=1S/C29H33N7O5.C25H25N7O5/c1-29(2,3)41-28(38)18-6-8-20(9-7-18)31-26(37)19-12-14-35(17-19)24-16-21(25-30-13-15-36(25)34-24)32-23-11-10-22(39-4)27(33-23)40-5;1-36-19-7-8-20(29-24(19)37-2)28-18-13-21(30-32-12-10-26-22(18)32)31-11-9-16(14-31)23(33)27-17-5-3-15(4-6-17)25(34)35/h6-11,13,15-16,19H,12,14,17H2,1-5H3,(H,31,37)(H,32,33);3-8,10,12-13,16H,9,11,14H2,1-2H3,(H,27,33)(H,28,29)(H,34,35). The van der Waals surface area contributed by atoms with E-state index in [1.807, 2.05) is 37.8 Å². The molecule has 0 bridgehead atoms. The summed E-state index contributed by atoms with van der Waals surface area (Å²) >= 11 is 0. The Hall–Kier alpha value is -9.74. The van der Waals surface area contributed by atoms with Crippen molar-refractivity contribution in [2.45, 2.75) is 39.2 Å². The molecule has 404 valence electrons. The van der Waals surface area contributed by atoms with Crippen LogP contribution in [0.15, 0.2) is 110 Å². The Morgan fingerprint density at radius 1 is 0.590 bits per heavy atom. The maximum absolute atomic E-state index is 13.1. The van der Waals surface area contributed by atoms with Crippen LogP contribution in [0, 0.1) is 11.8 Å². The predicted molar refractivity (Wildman–Crippen MR) is 290 cm³/mol. The van der Waals surface area contributed by atoms with Crippen LogP contribution < -0.4 is 50.0 Å². The average molecular weight is 1060 g/mol. The monoisotopic (exact) mass is 1060 g/mol. The second-order valence-corrected chi connectivity index (χ2v) is 19.1. The third-order valence-electron chi connectivity index (χ3n) is 12.6. The Balaban J connectivity index is 0.000000191. The third kappa shape index (κ3) is 12.3. The molecule has 2 atom stereocenters. The van der Waals surface area contributed by atoms with Crippen molar-refractivity contribution in [2.75, 3.05) is 85.7 Å². The Bertz CT molecular complexity index is 3470. The first-order valence-corrected chi connectivity index (χ1v) is 24.8. The molecule has 2 aromatic carbocycles. The summed E-state index contributed by atoms with van der Waals surface area (Å²) in [5.74, 6) is 2.16. The second kappa shape index (κ2) is 23.0. The Kier molecular flexibility index (Phi) is 15.7. The lowest BCUT2D eigenvalue weighted by atomic mass is 10.1. The number of hydrogen-bond donors (Lipinski definition) is 5. The lowest BCUT2D eigenvalue weighted by Crippen LogP contribution is -2.27. The first-order valence-electron chi connectivity index (χ1n) is 24.8. The number of fused-ring (bicyclic) bond motifs is 2. The number of nitrogens with one attached hydrogen (secondary N) is 4. The van der Waals surface area contributed by atoms with Crippen LogP contribution >= 0.6 is 0 Å². The Morgan fingerprint density at radius 3 is 1.42 bits per heavy atom. The van der Waals surface area contributed by atoms with Gasteiger partial charge < -0.3 is 59.9 Å². The van der Waals surface area contributed by atoms with E-state index < -0.39 is 17.5 Å². The van der Waals surface area contributed by atoms with Gasteiger partial charge in [0.1, 0.15) is 17.2 Å². The number of nitrogens with zero attached hydrogens (tertiary/aromatic N) is 10. The highest BCUT2D eigenvalue weighted by atomic mass is 16.6. The summed E-state index contributed by atoms with van der Waals surface area (Å²) in [5, 5.41) is 30.9. The molecule has 6 aromatic heterocycles. The fourth-order valence-electron chi connectivity index (χ4n) is 8.75. The molecule has 2 aliphatic heterocycles. The molecule has 8 heterocycles. The van der Waals surface area contributed by atoms with Crippen molar-refractivity contribution in [1.29, 1.82) is 0 Å². The van der Waals surface area contributed by atoms with Crippen molar-refractivity contribution >= 4 is 81.1 Å². The van der Waals surface area contributed by atoms with Gasteiger partial charge in [0.05, 0.1) is 62.8 Å². The van der Waals surface area contributed by atoms with Crippen molar-refractivity contribution in [3.05, 3.63) is 121 Å². The number of benzene rings is 2. The van der Waals surface area contributed by atoms with Crippen LogP contribution in [0.3, 0.4) is 0 Å². The number of pyridine rings is 2. The number of ether oxygens (including phenoxy) is 5. The van der Waals surface area contributed by atoms with E-state index in [9.17, 15) is 19.2 Å². The highest BCUT2D eigenvalue weighted by Gasteiger charge is 2.32. The van der Waals surface area contributed by atoms with Gasteiger partial charge in [-0.1, -0.05) is 0 Å². The van der Waals surface area contributed by atoms with Gasteiger partial charge in [0.25, 0.3) is 11.8 Å². The molecule has 0 radical (unpaired) electrons. The number of carbonyl (C=O) groups is 4. The number of anilines is 8.